The molecule has 0 saturated carbocycles. The van der Waals surface area contributed by atoms with E-state index in [0.29, 0.717) is 5.56 Å². The fraction of sp³-hybridized carbons (Fsp3) is 0.400. The lowest BCUT2D eigenvalue weighted by Gasteiger charge is -2.46. The summed E-state index contributed by atoms with van der Waals surface area (Å²) < 4.78 is 0. The maximum atomic E-state index is 11.0. The summed E-state index contributed by atoms with van der Waals surface area (Å²) in [5, 5.41) is 22.2. The van der Waals surface area contributed by atoms with Crippen LogP contribution in [-0.4, -0.2) is 40.1 Å². The van der Waals surface area contributed by atoms with Gasteiger partial charge in [0.05, 0.1) is 18.7 Å². The van der Waals surface area contributed by atoms with E-state index in [1.54, 1.807) is 5.38 Å². The van der Waals surface area contributed by atoms with E-state index >= 15 is 0 Å². The Morgan fingerprint density at radius 2 is 2.06 bits per heavy atom. The number of carbonyl (C=O) groups is 2. The molecule has 0 aromatic carbocycles. The van der Waals surface area contributed by atoms with Crippen molar-refractivity contribution in [1.29, 1.82) is 0 Å². The topological polar surface area (TPSA) is 77.8 Å². The Kier molecular flexibility index (Phi) is 2.47. The van der Waals surface area contributed by atoms with E-state index in [4.69, 9.17) is 5.11 Å². The van der Waals surface area contributed by atoms with Crippen molar-refractivity contribution in [2.24, 2.45) is 0 Å². The van der Waals surface area contributed by atoms with E-state index in [1.165, 1.54) is 28.5 Å². The fourth-order valence-corrected chi connectivity index (χ4v) is 2.72. The van der Waals surface area contributed by atoms with Crippen molar-refractivity contribution in [2.45, 2.75) is 12.5 Å². The zero-order chi connectivity index (χ0) is 11.9. The van der Waals surface area contributed by atoms with Crippen LogP contribution in [0.1, 0.15) is 22.8 Å². The van der Waals surface area contributed by atoms with Gasteiger partial charge < -0.3 is 15.1 Å². The fourth-order valence-electron chi connectivity index (χ4n) is 1.80. The second-order valence-corrected chi connectivity index (χ2v) is 4.65. The minimum absolute atomic E-state index is 0.114. The van der Waals surface area contributed by atoms with Crippen LogP contribution in [0.5, 0.6) is 0 Å². The normalized spacial score (nSPS) is 18.0. The summed E-state index contributed by atoms with van der Waals surface area (Å²) in [6.07, 6.45) is 0. The highest BCUT2D eigenvalue weighted by Crippen LogP contribution is 2.35. The maximum absolute atomic E-state index is 11.0. The summed E-state index contributed by atoms with van der Waals surface area (Å²) in [4.78, 5) is 23.4. The number of likely N-dealkylation sites (tertiary alicyclic amines) is 1. The van der Waals surface area contributed by atoms with Gasteiger partial charge in [-0.3, -0.25) is 4.79 Å². The molecule has 1 aliphatic rings. The lowest BCUT2D eigenvalue weighted by Crippen LogP contribution is -2.61. The second kappa shape index (κ2) is 3.57. The van der Waals surface area contributed by atoms with E-state index in [-0.39, 0.29) is 24.6 Å². The first-order valence-electron chi connectivity index (χ1n) is 4.72. The molecule has 86 valence electrons. The van der Waals surface area contributed by atoms with Crippen molar-refractivity contribution < 1.29 is 19.8 Å². The largest absolute Gasteiger partial charge is 0.478 e. The highest BCUT2D eigenvalue weighted by atomic mass is 32.1. The van der Waals surface area contributed by atoms with E-state index in [1.807, 2.05) is 0 Å². The Morgan fingerprint density at radius 3 is 2.56 bits per heavy atom. The number of carbonyl (C=O) groups excluding carboxylic acids is 1. The minimum atomic E-state index is -1.20. The van der Waals surface area contributed by atoms with Crippen molar-refractivity contribution in [3.63, 3.8) is 0 Å². The van der Waals surface area contributed by atoms with E-state index in [2.05, 4.69) is 0 Å². The number of amides is 1. The molecule has 2 rings (SSSR count). The van der Waals surface area contributed by atoms with Gasteiger partial charge in [0, 0.05) is 17.9 Å². The molecule has 16 heavy (non-hydrogen) atoms. The van der Waals surface area contributed by atoms with Crippen LogP contribution < -0.4 is 0 Å². The number of aromatic carboxylic acids is 1. The molecule has 1 aliphatic heterocycles. The van der Waals surface area contributed by atoms with E-state index in [0.717, 1.165) is 0 Å². The van der Waals surface area contributed by atoms with E-state index in [9.17, 15) is 14.7 Å². The van der Waals surface area contributed by atoms with Crippen LogP contribution in [0.3, 0.4) is 0 Å². The number of thiophene rings is 1. The standard InChI is InChI=1S/C10H11NO4S/c1-6(12)11-4-10(15,5-11)8-3-16-2-7(8)9(13)14/h2-3,15H,4-5H2,1H3,(H,13,14). The zero-order valence-electron chi connectivity index (χ0n) is 8.64. The van der Waals surface area contributed by atoms with Gasteiger partial charge in [0.15, 0.2) is 0 Å². The van der Waals surface area contributed by atoms with Crippen LogP contribution in [-0.2, 0) is 10.4 Å². The molecule has 2 heterocycles. The molecule has 0 bridgehead atoms. The van der Waals surface area contributed by atoms with Crippen LogP contribution in [0, 0.1) is 0 Å². The molecular weight excluding hydrogens is 230 g/mol. The van der Waals surface area contributed by atoms with Gasteiger partial charge in [0.1, 0.15) is 5.60 Å². The molecule has 6 heteroatoms. The number of hydrogen-bond acceptors (Lipinski definition) is 4. The molecule has 1 fully saturated rings. The van der Waals surface area contributed by atoms with Crippen molar-refractivity contribution >= 4 is 23.2 Å². The Morgan fingerprint density at radius 1 is 1.44 bits per heavy atom. The minimum Gasteiger partial charge on any atom is -0.478 e. The molecule has 2 N–H and O–H groups in total. The van der Waals surface area contributed by atoms with Crippen molar-refractivity contribution in [2.75, 3.05) is 13.1 Å². The molecule has 0 aliphatic carbocycles. The van der Waals surface area contributed by atoms with Crippen LogP contribution in [0.25, 0.3) is 0 Å². The van der Waals surface area contributed by atoms with E-state index < -0.39 is 11.6 Å². The maximum Gasteiger partial charge on any atom is 0.336 e. The number of nitrogens with zero attached hydrogens (tertiary/aromatic N) is 1. The molecular formula is C10H11NO4S. The molecule has 1 aromatic rings. The van der Waals surface area contributed by atoms with Crippen LogP contribution in [0.15, 0.2) is 10.8 Å². The average molecular weight is 241 g/mol. The Balaban J connectivity index is 2.23. The lowest BCUT2D eigenvalue weighted by molar-refractivity contribution is -0.154. The highest BCUT2D eigenvalue weighted by molar-refractivity contribution is 7.08. The summed E-state index contributed by atoms with van der Waals surface area (Å²) in [6.45, 7) is 1.75. The highest BCUT2D eigenvalue weighted by Gasteiger charge is 2.46. The predicted octanol–water partition coefficient (Wildman–Crippen LogP) is 0.496. The van der Waals surface area contributed by atoms with Gasteiger partial charge in [-0.05, 0) is 5.38 Å². The number of carboxylic acid groups (broad SMARTS) is 1. The molecule has 5 nitrogen and oxygen atoms in total. The Bertz CT molecular complexity index is 447. The van der Waals surface area contributed by atoms with Gasteiger partial charge in [-0.25, -0.2) is 4.79 Å². The summed E-state index contributed by atoms with van der Waals surface area (Å²) in [6, 6.07) is 0. The first-order chi connectivity index (χ1) is 7.44. The zero-order valence-corrected chi connectivity index (χ0v) is 9.45. The van der Waals surface area contributed by atoms with Gasteiger partial charge in [-0.2, -0.15) is 11.3 Å². The molecule has 0 spiro atoms. The molecule has 1 saturated heterocycles. The monoisotopic (exact) mass is 241 g/mol. The third-order valence-electron chi connectivity index (χ3n) is 2.74. The SMILES string of the molecule is CC(=O)N1CC(O)(c2cscc2C(=O)O)C1. The molecule has 0 atom stereocenters. The summed E-state index contributed by atoms with van der Waals surface area (Å²) in [7, 11) is 0. The Hall–Kier alpha value is -1.40. The van der Waals surface area contributed by atoms with Gasteiger partial charge in [0.25, 0.3) is 0 Å². The van der Waals surface area contributed by atoms with Crippen molar-refractivity contribution in [3.05, 3.63) is 21.9 Å². The third kappa shape index (κ3) is 1.60. The first-order valence-corrected chi connectivity index (χ1v) is 5.66. The van der Waals surface area contributed by atoms with Gasteiger partial charge >= 0.3 is 5.97 Å². The average Bonchev–Trinajstić information content (AvgIpc) is 2.60. The number of hydrogen-bond donors (Lipinski definition) is 2. The van der Waals surface area contributed by atoms with Gasteiger partial charge in [-0.15, -0.1) is 0 Å². The number of carboxylic acids is 1. The van der Waals surface area contributed by atoms with Crippen molar-refractivity contribution in [1.82, 2.24) is 4.90 Å². The smallest absolute Gasteiger partial charge is 0.336 e. The second-order valence-electron chi connectivity index (χ2n) is 3.91. The Labute approximate surface area is 95.9 Å². The third-order valence-corrected chi connectivity index (χ3v) is 3.49. The van der Waals surface area contributed by atoms with Crippen LogP contribution in [0.2, 0.25) is 0 Å². The van der Waals surface area contributed by atoms with Gasteiger partial charge in [0.2, 0.25) is 5.91 Å². The number of rotatable bonds is 2. The van der Waals surface area contributed by atoms with Gasteiger partial charge in [-0.1, -0.05) is 0 Å². The lowest BCUT2D eigenvalue weighted by atomic mass is 9.85. The number of aliphatic hydroxyl groups is 1. The summed E-state index contributed by atoms with van der Waals surface area (Å²) in [5.74, 6) is -1.16. The van der Waals surface area contributed by atoms with Crippen LogP contribution >= 0.6 is 11.3 Å². The molecule has 0 radical (unpaired) electrons. The van der Waals surface area contributed by atoms with Crippen LogP contribution in [0.4, 0.5) is 0 Å². The molecule has 1 aromatic heterocycles. The number of β-amino-alcohol motifs (C(OH)–C–C–N with tert-alkyl or cyclic N) is 1. The summed E-state index contributed by atoms with van der Waals surface area (Å²) in [5.41, 5.74) is -0.669. The molecule has 0 unspecified atom stereocenters. The quantitative estimate of drug-likeness (QED) is 0.790. The first kappa shape index (κ1) is 11.1. The molecule has 1 amide bonds. The predicted molar refractivity (Wildman–Crippen MR) is 57.4 cm³/mol. The van der Waals surface area contributed by atoms with Crippen molar-refractivity contribution in [3.8, 4) is 0 Å². The summed E-state index contributed by atoms with van der Waals surface area (Å²) >= 11 is 1.24.